The maximum atomic E-state index is 10.6. The average Bonchev–Trinajstić information content (AvgIpc) is 2.76. The molecule has 4 aromatic rings. The molecule has 0 aliphatic rings. The number of hydrogen-bond acceptors (Lipinski definition) is 2. The van der Waals surface area contributed by atoms with Gasteiger partial charge in [0.2, 0.25) is 0 Å². The first-order valence-electron chi connectivity index (χ1n) is 9.37. The van der Waals surface area contributed by atoms with Crippen molar-refractivity contribution < 1.29 is 10.2 Å². The summed E-state index contributed by atoms with van der Waals surface area (Å²) in [5, 5.41) is 24.4. The van der Waals surface area contributed by atoms with Gasteiger partial charge >= 0.3 is 166 Å². The second kappa shape index (κ2) is 7.88. The zero-order chi connectivity index (χ0) is 19.4. The van der Waals surface area contributed by atoms with Crippen molar-refractivity contribution in [2.75, 3.05) is 0 Å². The minimum absolute atomic E-state index is 0.171. The van der Waals surface area contributed by atoms with Crippen molar-refractivity contribution in [3.8, 4) is 11.5 Å². The first kappa shape index (κ1) is 18.3. The number of phenols is 2. The van der Waals surface area contributed by atoms with E-state index < -0.39 is 7.26 Å². The standard InChI is InChI=1S/C25H23O2P/c26-21-16-17-25(27)20(18-21)19-28(22-10-4-1-5-11-22,23-12-6-2-7-13-23)24-14-8-3-9-15-24/h1-18,26-28H,19H2. The van der Waals surface area contributed by atoms with E-state index in [0.717, 1.165) is 5.56 Å². The quantitative estimate of drug-likeness (QED) is 0.396. The second-order valence-electron chi connectivity index (χ2n) is 6.99. The Labute approximate surface area is 166 Å². The minimum atomic E-state index is -2.49. The Balaban J connectivity index is 2.02. The van der Waals surface area contributed by atoms with Crippen molar-refractivity contribution in [2.45, 2.75) is 6.16 Å². The third-order valence-corrected chi connectivity index (χ3v) is 10.2. The molecule has 140 valence electrons. The SMILES string of the molecule is Oc1ccc(O)c(C[PH](c2ccccc2)(c2ccccc2)c2ccccc2)c1. The molecule has 0 bridgehead atoms. The Kier molecular flexibility index (Phi) is 5.14. The summed E-state index contributed by atoms with van der Waals surface area (Å²) in [6.07, 6.45) is 0.658. The van der Waals surface area contributed by atoms with Crippen LogP contribution >= 0.6 is 7.26 Å². The van der Waals surface area contributed by atoms with Crippen LogP contribution in [0.15, 0.2) is 109 Å². The van der Waals surface area contributed by atoms with Gasteiger partial charge < -0.3 is 0 Å². The van der Waals surface area contributed by atoms with E-state index in [9.17, 15) is 10.2 Å². The van der Waals surface area contributed by atoms with E-state index >= 15 is 0 Å². The third-order valence-electron chi connectivity index (χ3n) is 5.32. The van der Waals surface area contributed by atoms with E-state index in [1.165, 1.54) is 22.0 Å². The molecular weight excluding hydrogens is 363 g/mol. The summed E-state index contributed by atoms with van der Waals surface area (Å²) in [4.78, 5) is 0. The van der Waals surface area contributed by atoms with E-state index in [1.54, 1.807) is 12.1 Å². The van der Waals surface area contributed by atoms with E-state index in [2.05, 4.69) is 72.8 Å². The summed E-state index contributed by atoms with van der Waals surface area (Å²) < 4.78 is 0. The van der Waals surface area contributed by atoms with E-state index in [4.69, 9.17) is 0 Å². The number of rotatable bonds is 5. The van der Waals surface area contributed by atoms with E-state index in [0.29, 0.717) is 6.16 Å². The fraction of sp³-hybridized carbons (Fsp3) is 0.0400. The van der Waals surface area contributed by atoms with Gasteiger partial charge in [0.15, 0.2) is 0 Å². The van der Waals surface area contributed by atoms with Crippen LogP contribution in [0.4, 0.5) is 0 Å². The van der Waals surface area contributed by atoms with Gasteiger partial charge in [0.05, 0.1) is 0 Å². The van der Waals surface area contributed by atoms with Crippen molar-refractivity contribution in [3.05, 3.63) is 115 Å². The van der Waals surface area contributed by atoms with Gasteiger partial charge in [-0.15, -0.1) is 0 Å². The summed E-state index contributed by atoms with van der Waals surface area (Å²) >= 11 is 0. The van der Waals surface area contributed by atoms with Crippen molar-refractivity contribution >= 4 is 23.2 Å². The molecule has 0 unspecified atom stereocenters. The van der Waals surface area contributed by atoms with Crippen LogP contribution in [0.25, 0.3) is 0 Å². The summed E-state index contributed by atoms with van der Waals surface area (Å²) in [6, 6.07) is 36.4. The zero-order valence-corrected chi connectivity index (χ0v) is 16.5. The molecule has 0 heterocycles. The number of hydrogen-bond donors (Lipinski definition) is 2. The summed E-state index contributed by atoms with van der Waals surface area (Å²) in [5.74, 6) is 0.391. The zero-order valence-electron chi connectivity index (χ0n) is 15.5. The van der Waals surface area contributed by atoms with Gasteiger partial charge in [-0.1, -0.05) is 0 Å². The first-order valence-corrected chi connectivity index (χ1v) is 11.6. The number of aromatic hydroxyl groups is 2. The molecule has 28 heavy (non-hydrogen) atoms. The fourth-order valence-corrected chi connectivity index (χ4v) is 8.72. The predicted molar refractivity (Wildman–Crippen MR) is 120 cm³/mol. The van der Waals surface area contributed by atoms with Crippen LogP contribution < -0.4 is 15.9 Å². The third kappa shape index (κ3) is 3.40. The second-order valence-corrected chi connectivity index (χ2v) is 10.9. The van der Waals surface area contributed by atoms with Gasteiger partial charge in [0.25, 0.3) is 0 Å². The van der Waals surface area contributed by atoms with Gasteiger partial charge in [-0.05, 0) is 0 Å². The molecule has 0 fully saturated rings. The van der Waals surface area contributed by atoms with Gasteiger partial charge in [-0.25, -0.2) is 0 Å². The number of benzene rings is 4. The van der Waals surface area contributed by atoms with Crippen LogP contribution in [0.1, 0.15) is 5.56 Å². The fourth-order valence-electron chi connectivity index (χ4n) is 3.97. The number of phenolic OH excluding ortho intramolecular Hbond substituents is 2. The van der Waals surface area contributed by atoms with Gasteiger partial charge in [-0.2, -0.15) is 0 Å². The molecule has 0 atom stereocenters. The topological polar surface area (TPSA) is 40.5 Å². The van der Waals surface area contributed by atoms with Gasteiger partial charge in [-0.3, -0.25) is 0 Å². The Morgan fingerprint density at radius 1 is 0.536 bits per heavy atom. The van der Waals surface area contributed by atoms with Crippen LogP contribution in [0.3, 0.4) is 0 Å². The Morgan fingerprint density at radius 2 is 0.964 bits per heavy atom. The Morgan fingerprint density at radius 3 is 1.39 bits per heavy atom. The Bertz CT molecular complexity index is 951. The molecule has 0 saturated carbocycles. The maximum absolute atomic E-state index is 10.6. The monoisotopic (exact) mass is 386 g/mol. The van der Waals surface area contributed by atoms with Crippen molar-refractivity contribution in [2.24, 2.45) is 0 Å². The van der Waals surface area contributed by atoms with Crippen LogP contribution in [0, 0.1) is 0 Å². The molecular formula is C25H23O2P. The summed E-state index contributed by atoms with van der Waals surface area (Å²) in [5.41, 5.74) is 0.767. The molecule has 3 heteroatoms. The molecule has 2 N–H and O–H groups in total. The molecule has 2 nitrogen and oxygen atoms in total. The molecule has 0 aliphatic heterocycles. The molecule has 4 rings (SSSR count). The van der Waals surface area contributed by atoms with Gasteiger partial charge in [0, 0.05) is 0 Å². The molecule has 4 aromatic carbocycles. The first-order chi connectivity index (χ1) is 13.7. The van der Waals surface area contributed by atoms with Crippen molar-refractivity contribution in [1.29, 1.82) is 0 Å². The van der Waals surface area contributed by atoms with Crippen molar-refractivity contribution in [3.63, 3.8) is 0 Å². The molecule has 0 saturated heterocycles. The van der Waals surface area contributed by atoms with Crippen molar-refractivity contribution in [1.82, 2.24) is 0 Å². The van der Waals surface area contributed by atoms with E-state index in [1.807, 2.05) is 18.2 Å². The normalized spacial score (nSPS) is 11.9. The molecule has 0 amide bonds. The van der Waals surface area contributed by atoms with Crippen LogP contribution in [0.5, 0.6) is 11.5 Å². The summed E-state index contributed by atoms with van der Waals surface area (Å²) in [6.45, 7) is 0. The summed E-state index contributed by atoms with van der Waals surface area (Å²) in [7, 11) is -2.49. The molecule has 0 aromatic heterocycles. The van der Waals surface area contributed by atoms with Crippen LogP contribution in [-0.4, -0.2) is 10.2 Å². The van der Waals surface area contributed by atoms with Gasteiger partial charge in [0.1, 0.15) is 0 Å². The molecule has 0 spiro atoms. The molecule has 0 radical (unpaired) electrons. The Hall–Kier alpha value is -3.09. The molecule has 0 aliphatic carbocycles. The average molecular weight is 386 g/mol. The van der Waals surface area contributed by atoms with Crippen LogP contribution in [-0.2, 0) is 6.16 Å². The van der Waals surface area contributed by atoms with E-state index in [-0.39, 0.29) is 11.5 Å². The van der Waals surface area contributed by atoms with Crippen LogP contribution in [0.2, 0.25) is 0 Å². The predicted octanol–water partition coefficient (Wildman–Crippen LogP) is 4.32.